The molecule has 2 heterocycles. The van der Waals surface area contributed by atoms with Crippen molar-refractivity contribution in [1.29, 1.82) is 0 Å². The number of carbonyl (C=O) groups is 1. The standard InChI is InChI=1S/C17H23F2N3O3/c1-20-5-7-21(8-6-20)14-10-22(11-15(14)23)16(24)12-3-2-4-13(9-12)25-17(18)19/h2-4,9,14-15,17,23H,5-8,10-11H2,1H3/t14-,15-/m1/s1. The lowest BCUT2D eigenvalue weighted by Crippen LogP contribution is -2.52. The van der Waals surface area contributed by atoms with Crippen molar-refractivity contribution in [2.24, 2.45) is 0 Å². The van der Waals surface area contributed by atoms with Gasteiger partial charge in [-0.2, -0.15) is 8.78 Å². The number of aliphatic hydroxyl groups is 1. The monoisotopic (exact) mass is 355 g/mol. The number of β-amino-alcohol motifs (C(OH)–C–C–N with tert-alkyl or cyclic N) is 1. The summed E-state index contributed by atoms with van der Waals surface area (Å²) in [6, 6.07) is 5.68. The van der Waals surface area contributed by atoms with Crippen LogP contribution in [0.1, 0.15) is 10.4 Å². The van der Waals surface area contributed by atoms with Crippen molar-refractivity contribution < 1.29 is 23.4 Å². The highest BCUT2D eigenvalue weighted by molar-refractivity contribution is 5.94. The van der Waals surface area contributed by atoms with Gasteiger partial charge in [0.25, 0.3) is 5.91 Å². The SMILES string of the molecule is CN1CCN([C@@H]2CN(C(=O)c3cccc(OC(F)F)c3)C[C@H]2O)CC1. The molecule has 2 saturated heterocycles. The molecule has 3 rings (SSSR count). The second-order valence-electron chi connectivity index (χ2n) is 6.59. The number of aliphatic hydroxyl groups excluding tert-OH is 1. The van der Waals surface area contributed by atoms with Crippen molar-refractivity contribution in [2.75, 3.05) is 46.3 Å². The number of rotatable bonds is 4. The second kappa shape index (κ2) is 7.63. The Morgan fingerprint density at radius 1 is 1.24 bits per heavy atom. The first-order valence-corrected chi connectivity index (χ1v) is 8.39. The number of halogens is 2. The normalized spacial score (nSPS) is 25.6. The lowest BCUT2D eigenvalue weighted by Gasteiger charge is -2.37. The molecule has 8 heteroatoms. The summed E-state index contributed by atoms with van der Waals surface area (Å²) in [5.74, 6) is -0.327. The van der Waals surface area contributed by atoms with Crippen molar-refractivity contribution >= 4 is 5.91 Å². The fourth-order valence-electron chi connectivity index (χ4n) is 3.44. The number of piperazine rings is 1. The smallest absolute Gasteiger partial charge is 0.387 e. The minimum atomic E-state index is -2.93. The van der Waals surface area contributed by atoms with E-state index in [0.717, 1.165) is 26.2 Å². The maximum absolute atomic E-state index is 12.7. The van der Waals surface area contributed by atoms with Crippen LogP contribution in [0, 0.1) is 0 Å². The maximum atomic E-state index is 12.7. The van der Waals surface area contributed by atoms with E-state index >= 15 is 0 Å². The van der Waals surface area contributed by atoms with Crippen LogP contribution in [0.4, 0.5) is 8.78 Å². The van der Waals surface area contributed by atoms with Crippen molar-refractivity contribution in [3.8, 4) is 5.75 Å². The molecule has 0 spiro atoms. The van der Waals surface area contributed by atoms with E-state index in [9.17, 15) is 18.7 Å². The van der Waals surface area contributed by atoms with Gasteiger partial charge in [0.1, 0.15) is 5.75 Å². The third-order valence-corrected chi connectivity index (χ3v) is 4.86. The van der Waals surface area contributed by atoms with Gasteiger partial charge in [0.05, 0.1) is 12.1 Å². The molecule has 0 bridgehead atoms. The summed E-state index contributed by atoms with van der Waals surface area (Å²) in [6.07, 6.45) is -0.604. The predicted octanol–water partition coefficient (Wildman–Crippen LogP) is 0.721. The number of hydrogen-bond donors (Lipinski definition) is 1. The number of carbonyl (C=O) groups excluding carboxylic acids is 1. The van der Waals surface area contributed by atoms with Crippen molar-refractivity contribution in [1.82, 2.24) is 14.7 Å². The second-order valence-corrected chi connectivity index (χ2v) is 6.59. The van der Waals surface area contributed by atoms with E-state index in [0.29, 0.717) is 6.54 Å². The Bertz CT molecular complexity index is 609. The van der Waals surface area contributed by atoms with E-state index in [1.54, 1.807) is 11.0 Å². The van der Waals surface area contributed by atoms with Gasteiger partial charge in [-0.15, -0.1) is 0 Å². The molecule has 1 amide bonds. The van der Waals surface area contributed by atoms with Crippen LogP contribution < -0.4 is 4.74 Å². The van der Waals surface area contributed by atoms with Gasteiger partial charge in [-0.25, -0.2) is 0 Å². The third kappa shape index (κ3) is 4.26. The molecule has 138 valence electrons. The highest BCUT2D eigenvalue weighted by Crippen LogP contribution is 2.22. The quantitative estimate of drug-likeness (QED) is 0.863. The number of nitrogens with zero attached hydrogens (tertiary/aromatic N) is 3. The Labute approximate surface area is 145 Å². The molecule has 0 aromatic heterocycles. The van der Waals surface area contributed by atoms with Gasteiger partial charge in [0, 0.05) is 44.8 Å². The first-order valence-electron chi connectivity index (χ1n) is 8.39. The molecule has 2 aliphatic rings. The molecule has 1 aromatic carbocycles. The zero-order valence-corrected chi connectivity index (χ0v) is 14.1. The Balaban J connectivity index is 1.65. The van der Waals surface area contributed by atoms with Crippen molar-refractivity contribution in [2.45, 2.75) is 18.8 Å². The predicted molar refractivity (Wildman–Crippen MR) is 87.8 cm³/mol. The molecule has 6 nitrogen and oxygen atoms in total. The molecule has 2 fully saturated rings. The largest absolute Gasteiger partial charge is 0.435 e. The van der Waals surface area contributed by atoms with Gasteiger partial charge in [-0.05, 0) is 25.2 Å². The number of amides is 1. The van der Waals surface area contributed by atoms with Crippen LogP contribution in [0.25, 0.3) is 0 Å². The van der Waals surface area contributed by atoms with E-state index in [-0.39, 0.29) is 29.8 Å². The topological polar surface area (TPSA) is 56.2 Å². The molecule has 2 atom stereocenters. The summed E-state index contributed by atoms with van der Waals surface area (Å²) in [5, 5.41) is 10.4. The number of alkyl halides is 2. The zero-order valence-electron chi connectivity index (χ0n) is 14.1. The Morgan fingerprint density at radius 2 is 1.96 bits per heavy atom. The lowest BCUT2D eigenvalue weighted by molar-refractivity contribution is -0.0499. The summed E-state index contributed by atoms with van der Waals surface area (Å²) < 4.78 is 29.0. The average Bonchev–Trinajstić information content (AvgIpc) is 2.96. The van der Waals surface area contributed by atoms with Crippen LogP contribution in [-0.4, -0.2) is 90.8 Å². The van der Waals surface area contributed by atoms with E-state index in [4.69, 9.17) is 0 Å². The molecule has 0 radical (unpaired) electrons. The maximum Gasteiger partial charge on any atom is 0.387 e. The molecular formula is C17H23F2N3O3. The van der Waals surface area contributed by atoms with Crippen LogP contribution in [-0.2, 0) is 0 Å². The number of benzene rings is 1. The van der Waals surface area contributed by atoms with Crippen LogP contribution in [0.5, 0.6) is 5.75 Å². The van der Waals surface area contributed by atoms with Crippen LogP contribution in [0.15, 0.2) is 24.3 Å². The summed E-state index contributed by atoms with van der Waals surface area (Å²) in [5.41, 5.74) is 0.282. The Morgan fingerprint density at radius 3 is 2.64 bits per heavy atom. The molecule has 25 heavy (non-hydrogen) atoms. The van der Waals surface area contributed by atoms with Gasteiger partial charge in [0.15, 0.2) is 0 Å². The Kier molecular flexibility index (Phi) is 5.51. The summed E-state index contributed by atoms with van der Waals surface area (Å²) in [4.78, 5) is 18.7. The first-order chi connectivity index (χ1) is 11.9. The van der Waals surface area contributed by atoms with Crippen molar-refractivity contribution in [3.63, 3.8) is 0 Å². The van der Waals surface area contributed by atoms with E-state index in [1.165, 1.54) is 18.2 Å². The van der Waals surface area contributed by atoms with Gasteiger partial charge in [-0.3, -0.25) is 9.69 Å². The third-order valence-electron chi connectivity index (χ3n) is 4.86. The van der Waals surface area contributed by atoms with Gasteiger partial charge in [0.2, 0.25) is 0 Å². The molecule has 1 N–H and O–H groups in total. The summed E-state index contributed by atoms with van der Waals surface area (Å²) >= 11 is 0. The van der Waals surface area contributed by atoms with E-state index in [1.807, 2.05) is 0 Å². The van der Waals surface area contributed by atoms with Crippen LogP contribution >= 0.6 is 0 Å². The van der Waals surface area contributed by atoms with Gasteiger partial charge in [-0.1, -0.05) is 6.07 Å². The van der Waals surface area contributed by atoms with E-state index in [2.05, 4.69) is 21.6 Å². The minimum absolute atomic E-state index is 0.0452. The van der Waals surface area contributed by atoms with Gasteiger partial charge < -0.3 is 19.6 Å². The summed E-state index contributed by atoms with van der Waals surface area (Å²) in [6.45, 7) is 1.34. The number of ether oxygens (including phenoxy) is 1. The first kappa shape index (κ1) is 18.0. The summed E-state index contributed by atoms with van der Waals surface area (Å²) in [7, 11) is 2.06. The van der Waals surface area contributed by atoms with Crippen molar-refractivity contribution in [3.05, 3.63) is 29.8 Å². The number of likely N-dealkylation sites (N-methyl/N-ethyl adjacent to an activating group) is 1. The highest BCUT2D eigenvalue weighted by atomic mass is 19.3. The highest BCUT2D eigenvalue weighted by Gasteiger charge is 2.38. The van der Waals surface area contributed by atoms with E-state index < -0.39 is 12.7 Å². The lowest BCUT2D eigenvalue weighted by atomic mass is 10.1. The number of hydrogen-bond acceptors (Lipinski definition) is 5. The average molecular weight is 355 g/mol. The molecule has 2 aliphatic heterocycles. The van der Waals surface area contributed by atoms with Crippen LogP contribution in [0.3, 0.4) is 0 Å². The Hall–Kier alpha value is -1.77. The fraction of sp³-hybridized carbons (Fsp3) is 0.588. The molecule has 0 saturated carbocycles. The molecule has 0 aliphatic carbocycles. The van der Waals surface area contributed by atoms with Gasteiger partial charge >= 0.3 is 6.61 Å². The van der Waals surface area contributed by atoms with Crippen LogP contribution in [0.2, 0.25) is 0 Å². The molecular weight excluding hydrogens is 332 g/mol. The zero-order chi connectivity index (χ0) is 18.0. The molecule has 1 aromatic rings. The molecule has 0 unspecified atom stereocenters. The minimum Gasteiger partial charge on any atom is -0.435 e. The number of likely N-dealkylation sites (tertiary alicyclic amines) is 1. The fourth-order valence-corrected chi connectivity index (χ4v) is 3.44.